The van der Waals surface area contributed by atoms with Gasteiger partial charge in [-0.05, 0) is 32.8 Å². The number of benzene rings is 4. The number of rotatable bonds is 3. The predicted molar refractivity (Wildman–Crippen MR) is 111 cm³/mol. The first-order chi connectivity index (χ1) is 12.2. The van der Waals surface area contributed by atoms with Gasteiger partial charge in [-0.15, -0.1) is 0 Å². The van der Waals surface area contributed by atoms with Crippen LogP contribution in [0.5, 0.6) is 0 Å². The van der Waals surface area contributed by atoms with Gasteiger partial charge in [0.15, 0.2) is 7.14 Å². The fourth-order valence-electron chi connectivity index (χ4n) is 3.17. The van der Waals surface area contributed by atoms with Crippen molar-refractivity contribution in [2.45, 2.75) is 0 Å². The fraction of sp³-hybridized carbons (Fsp3) is 0. The average Bonchev–Trinajstić information content (AvgIpc) is 2.69. The van der Waals surface area contributed by atoms with Gasteiger partial charge in [-0.25, -0.2) is 0 Å². The lowest BCUT2D eigenvalue weighted by atomic mass is 10.1. The Hall–Kier alpha value is -2.15. The second-order valence-corrected chi connectivity index (χ2v) is 9.43. The molecule has 0 spiro atoms. The van der Waals surface area contributed by atoms with Crippen LogP contribution in [0.2, 0.25) is 0 Å². The van der Waals surface area contributed by atoms with Crippen molar-refractivity contribution in [2.75, 3.05) is 0 Å². The predicted octanol–water partition coefficient (Wildman–Crippen LogP) is 5.24. The van der Waals surface area contributed by atoms with Gasteiger partial charge in [0, 0.05) is 20.4 Å². The summed E-state index contributed by atoms with van der Waals surface area (Å²) < 4.78 is 15.4. The Bertz CT molecular complexity index is 1030. The summed E-state index contributed by atoms with van der Waals surface area (Å²) in [4.78, 5) is 0. The van der Waals surface area contributed by atoms with E-state index in [4.69, 9.17) is 0 Å². The Labute approximate surface area is 155 Å². The van der Waals surface area contributed by atoms with E-state index in [2.05, 4.69) is 28.1 Å². The minimum atomic E-state index is -2.97. The van der Waals surface area contributed by atoms with Crippen LogP contribution in [-0.2, 0) is 4.57 Å². The molecule has 4 aromatic rings. The van der Waals surface area contributed by atoms with Gasteiger partial charge in [-0.3, -0.25) is 0 Å². The van der Waals surface area contributed by atoms with E-state index in [0.717, 1.165) is 31.2 Å². The smallest absolute Gasteiger partial charge is 0.172 e. The third kappa shape index (κ3) is 2.76. The van der Waals surface area contributed by atoms with Gasteiger partial charge < -0.3 is 4.57 Å². The molecule has 3 heteroatoms. The molecule has 0 aromatic heterocycles. The third-order valence-corrected chi connectivity index (χ3v) is 8.68. The van der Waals surface area contributed by atoms with Crippen molar-refractivity contribution in [3.63, 3.8) is 0 Å². The van der Waals surface area contributed by atoms with Crippen molar-refractivity contribution in [1.82, 2.24) is 0 Å². The van der Waals surface area contributed by atoms with Crippen molar-refractivity contribution in [3.8, 4) is 0 Å². The van der Waals surface area contributed by atoms with Crippen LogP contribution in [0.3, 0.4) is 0 Å². The zero-order valence-electron chi connectivity index (χ0n) is 13.5. The summed E-state index contributed by atoms with van der Waals surface area (Å²) >= 11 is 3.74. The monoisotopic (exact) mass is 406 g/mol. The van der Waals surface area contributed by atoms with E-state index in [9.17, 15) is 4.57 Å². The summed E-state index contributed by atoms with van der Waals surface area (Å²) in [6.07, 6.45) is 0. The van der Waals surface area contributed by atoms with Gasteiger partial charge in [-0.1, -0.05) is 91.0 Å². The molecular weight excluding hydrogens is 391 g/mol. The van der Waals surface area contributed by atoms with Crippen molar-refractivity contribution < 1.29 is 4.57 Å². The van der Waals surface area contributed by atoms with E-state index in [0.29, 0.717) is 0 Å². The summed E-state index contributed by atoms with van der Waals surface area (Å²) in [5.41, 5.74) is 0. The second kappa shape index (κ2) is 6.63. The molecule has 0 amide bonds. The lowest BCUT2D eigenvalue weighted by Crippen LogP contribution is -2.25. The highest BCUT2D eigenvalue weighted by Gasteiger charge is 2.31. The molecule has 0 heterocycles. The molecular formula is C22H16BrOP. The topological polar surface area (TPSA) is 17.1 Å². The molecule has 0 aliphatic carbocycles. The molecule has 0 bridgehead atoms. The van der Waals surface area contributed by atoms with E-state index in [1.165, 1.54) is 0 Å². The van der Waals surface area contributed by atoms with Crippen LogP contribution in [0.1, 0.15) is 0 Å². The lowest BCUT2D eigenvalue weighted by molar-refractivity contribution is 0.592. The zero-order valence-corrected chi connectivity index (χ0v) is 16.0. The SMILES string of the molecule is O=P(c1ccccc1)(c1ccccc1)c1ccc2ccccc2c1Br. The Morgan fingerprint density at radius 2 is 1.12 bits per heavy atom. The molecule has 25 heavy (non-hydrogen) atoms. The van der Waals surface area contributed by atoms with Gasteiger partial charge in [-0.2, -0.15) is 0 Å². The van der Waals surface area contributed by atoms with E-state index >= 15 is 0 Å². The first-order valence-corrected chi connectivity index (χ1v) is 10.6. The molecule has 0 atom stereocenters. The molecule has 0 fully saturated rings. The van der Waals surface area contributed by atoms with Crippen LogP contribution in [0.15, 0.2) is 102 Å². The molecule has 0 unspecified atom stereocenters. The molecule has 0 aliphatic heterocycles. The minimum Gasteiger partial charge on any atom is -0.309 e. The molecule has 0 saturated carbocycles. The Balaban J connectivity index is 2.06. The largest absolute Gasteiger partial charge is 0.309 e. The first kappa shape index (κ1) is 16.3. The van der Waals surface area contributed by atoms with E-state index in [-0.39, 0.29) is 0 Å². The summed E-state index contributed by atoms with van der Waals surface area (Å²) in [7, 11) is -2.97. The van der Waals surface area contributed by atoms with Crippen LogP contribution in [-0.4, -0.2) is 0 Å². The summed E-state index contributed by atoms with van der Waals surface area (Å²) in [6.45, 7) is 0. The highest BCUT2D eigenvalue weighted by molar-refractivity contribution is 9.11. The lowest BCUT2D eigenvalue weighted by Gasteiger charge is -2.22. The maximum absolute atomic E-state index is 14.5. The zero-order chi connectivity index (χ0) is 17.3. The summed E-state index contributed by atoms with van der Waals surface area (Å²) in [5.74, 6) is 0. The number of fused-ring (bicyclic) bond motifs is 1. The maximum atomic E-state index is 14.5. The number of halogens is 1. The molecule has 4 aromatic carbocycles. The van der Waals surface area contributed by atoms with Crippen molar-refractivity contribution in [2.24, 2.45) is 0 Å². The van der Waals surface area contributed by atoms with Crippen molar-refractivity contribution in [1.29, 1.82) is 0 Å². The second-order valence-electron chi connectivity index (χ2n) is 5.90. The first-order valence-electron chi connectivity index (χ1n) is 8.10. The Kier molecular flexibility index (Phi) is 4.33. The summed E-state index contributed by atoms with van der Waals surface area (Å²) in [6, 6.07) is 31.7. The van der Waals surface area contributed by atoms with Crippen molar-refractivity contribution >= 4 is 49.8 Å². The molecule has 0 aliphatic rings. The van der Waals surface area contributed by atoms with E-state index in [1.807, 2.05) is 84.9 Å². The standard InChI is InChI=1S/C22H16BrOP/c23-22-20-14-8-7-9-17(20)15-16-21(22)25(24,18-10-3-1-4-11-18)19-12-5-2-6-13-19/h1-16H. The van der Waals surface area contributed by atoms with Crippen LogP contribution < -0.4 is 15.9 Å². The number of hydrogen-bond acceptors (Lipinski definition) is 1. The Morgan fingerprint density at radius 3 is 1.72 bits per heavy atom. The van der Waals surface area contributed by atoms with Crippen LogP contribution in [0.4, 0.5) is 0 Å². The van der Waals surface area contributed by atoms with Crippen molar-refractivity contribution in [3.05, 3.63) is 102 Å². The number of hydrogen-bond donors (Lipinski definition) is 0. The van der Waals surface area contributed by atoms with Gasteiger partial charge in [0.1, 0.15) is 0 Å². The highest BCUT2D eigenvalue weighted by Crippen LogP contribution is 2.45. The van der Waals surface area contributed by atoms with Crippen LogP contribution in [0.25, 0.3) is 10.8 Å². The normalized spacial score (nSPS) is 11.6. The quantitative estimate of drug-likeness (QED) is 0.425. The molecule has 122 valence electrons. The van der Waals surface area contributed by atoms with Gasteiger partial charge in [0.05, 0.1) is 0 Å². The average molecular weight is 407 g/mol. The van der Waals surface area contributed by atoms with E-state index < -0.39 is 7.14 Å². The molecule has 0 radical (unpaired) electrons. The van der Waals surface area contributed by atoms with Gasteiger partial charge in [0.2, 0.25) is 0 Å². The molecule has 0 N–H and O–H groups in total. The molecule has 0 saturated heterocycles. The van der Waals surface area contributed by atoms with Crippen LogP contribution in [0, 0.1) is 0 Å². The van der Waals surface area contributed by atoms with E-state index in [1.54, 1.807) is 0 Å². The fourth-order valence-corrected chi connectivity index (χ4v) is 7.13. The van der Waals surface area contributed by atoms with Gasteiger partial charge in [0.25, 0.3) is 0 Å². The highest BCUT2D eigenvalue weighted by atomic mass is 79.9. The third-order valence-electron chi connectivity index (χ3n) is 4.42. The maximum Gasteiger partial charge on any atom is 0.172 e. The molecule has 1 nitrogen and oxygen atoms in total. The van der Waals surface area contributed by atoms with Crippen LogP contribution >= 0.6 is 23.1 Å². The van der Waals surface area contributed by atoms with Gasteiger partial charge >= 0.3 is 0 Å². The Morgan fingerprint density at radius 1 is 0.600 bits per heavy atom. The summed E-state index contributed by atoms with van der Waals surface area (Å²) in [5, 5.41) is 4.73. The molecule has 4 rings (SSSR count). The minimum absolute atomic E-state index is 0.837.